The maximum atomic E-state index is 12.4. The standard InChI is InChI=1S/C21H26N2O6/c1-13(2)22-11-14-8-20(29-7-5-6-27-3)19(28-4)9-15(14)17-10-18(24)16(21(25)26)12-23(17)22/h8-10,12-13H,5-7,11H2,1-4H3,(H,25,26). The Balaban J connectivity index is 2.10. The predicted molar refractivity (Wildman–Crippen MR) is 109 cm³/mol. The van der Waals surface area contributed by atoms with Crippen LogP contribution in [0.5, 0.6) is 11.5 Å². The van der Waals surface area contributed by atoms with Crippen LogP contribution in [0.3, 0.4) is 0 Å². The third kappa shape index (κ3) is 4.07. The minimum absolute atomic E-state index is 0.0826. The predicted octanol–water partition coefficient (Wildman–Crippen LogP) is 2.50. The van der Waals surface area contributed by atoms with Crippen molar-refractivity contribution in [2.45, 2.75) is 32.9 Å². The van der Waals surface area contributed by atoms with E-state index in [1.165, 1.54) is 12.3 Å². The summed E-state index contributed by atoms with van der Waals surface area (Å²) < 4.78 is 18.2. The lowest BCUT2D eigenvalue weighted by Crippen LogP contribution is -2.44. The number of aromatic nitrogens is 1. The Hall–Kier alpha value is -3.00. The third-order valence-corrected chi connectivity index (χ3v) is 4.88. The zero-order valence-corrected chi connectivity index (χ0v) is 17.1. The van der Waals surface area contributed by atoms with Crippen molar-refractivity contribution in [3.8, 4) is 22.8 Å². The summed E-state index contributed by atoms with van der Waals surface area (Å²) in [7, 11) is 3.21. The molecule has 1 aromatic carbocycles. The SMILES string of the molecule is COCCCOc1cc2c(cc1OC)-c1cc(=O)c(C(=O)O)cn1N(C(C)C)C2. The summed E-state index contributed by atoms with van der Waals surface area (Å²) in [6.07, 6.45) is 2.15. The summed E-state index contributed by atoms with van der Waals surface area (Å²) in [4.78, 5) is 23.8. The van der Waals surface area contributed by atoms with Gasteiger partial charge in [-0.25, -0.2) is 4.79 Å². The first-order valence-corrected chi connectivity index (χ1v) is 9.47. The smallest absolute Gasteiger partial charge is 0.341 e. The molecule has 0 atom stereocenters. The first-order valence-electron chi connectivity index (χ1n) is 9.47. The Labute approximate surface area is 169 Å². The fourth-order valence-electron chi connectivity index (χ4n) is 3.41. The van der Waals surface area contributed by atoms with Crippen molar-refractivity contribution in [3.63, 3.8) is 0 Å². The highest BCUT2D eigenvalue weighted by atomic mass is 16.5. The number of rotatable bonds is 8. The number of nitrogens with zero attached hydrogens (tertiary/aromatic N) is 2. The van der Waals surface area contributed by atoms with Gasteiger partial charge in [-0.3, -0.25) is 9.47 Å². The summed E-state index contributed by atoms with van der Waals surface area (Å²) in [5.74, 6) is -0.0540. The van der Waals surface area contributed by atoms with E-state index in [-0.39, 0.29) is 11.6 Å². The molecule has 156 valence electrons. The lowest BCUT2D eigenvalue weighted by molar-refractivity contribution is 0.0694. The minimum atomic E-state index is -1.24. The first-order chi connectivity index (χ1) is 13.9. The van der Waals surface area contributed by atoms with Crippen LogP contribution in [0.15, 0.2) is 29.2 Å². The molecule has 1 aliphatic heterocycles. The van der Waals surface area contributed by atoms with E-state index in [4.69, 9.17) is 14.2 Å². The molecule has 3 rings (SSSR count). The highest BCUT2D eigenvalue weighted by Crippen LogP contribution is 2.39. The average molecular weight is 402 g/mol. The van der Waals surface area contributed by atoms with Crippen molar-refractivity contribution in [2.75, 3.05) is 32.4 Å². The van der Waals surface area contributed by atoms with E-state index in [0.717, 1.165) is 17.5 Å². The monoisotopic (exact) mass is 402 g/mol. The molecular formula is C21H26N2O6. The van der Waals surface area contributed by atoms with Gasteiger partial charge in [-0.05, 0) is 31.5 Å². The van der Waals surface area contributed by atoms with Gasteiger partial charge in [0.2, 0.25) is 0 Å². The lowest BCUT2D eigenvalue weighted by atomic mass is 9.99. The van der Waals surface area contributed by atoms with E-state index < -0.39 is 11.4 Å². The number of pyridine rings is 1. The van der Waals surface area contributed by atoms with Gasteiger partial charge in [0.05, 0.1) is 26.0 Å². The van der Waals surface area contributed by atoms with E-state index in [0.29, 0.717) is 37.0 Å². The Morgan fingerprint density at radius 3 is 2.55 bits per heavy atom. The largest absolute Gasteiger partial charge is 0.493 e. The number of aromatic carboxylic acids is 1. The van der Waals surface area contributed by atoms with Crippen LogP contribution < -0.4 is 19.9 Å². The molecule has 1 N–H and O–H groups in total. The summed E-state index contributed by atoms with van der Waals surface area (Å²) in [6.45, 7) is 5.67. The van der Waals surface area contributed by atoms with Crippen molar-refractivity contribution in [1.82, 2.24) is 4.68 Å². The van der Waals surface area contributed by atoms with Gasteiger partial charge in [-0.2, -0.15) is 0 Å². The number of carboxylic acids is 1. The number of hydrogen-bond acceptors (Lipinski definition) is 6. The highest BCUT2D eigenvalue weighted by molar-refractivity contribution is 5.88. The second-order valence-corrected chi connectivity index (χ2v) is 7.13. The number of benzene rings is 1. The normalized spacial score (nSPS) is 12.5. The molecule has 0 saturated carbocycles. The third-order valence-electron chi connectivity index (χ3n) is 4.88. The van der Waals surface area contributed by atoms with Gasteiger partial charge in [-0.1, -0.05) is 0 Å². The fourth-order valence-corrected chi connectivity index (χ4v) is 3.41. The van der Waals surface area contributed by atoms with Gasteiger partial charge >= 0.3 is 5.97 Å². The van der Waals surface area contributed by atoms with Crippen LogP contribution in [0.25, 0.3) is 11.3 Å². The number of ether oxygens (including phenoxy) is 3. The molecule has 29 heavy (non-hydrogen) atoms. The molecule has 0 radical (unpaired) electrons. The Kier molecular flexibility index (Phi) is 6.12. The van der Waals surface area contributed by atoms with Crippen molar-refractivity contribution < 1.29 is 24.1 Å². The molecule has 1 aromatic heterocycles. The number of methoxy groups -OCH3 is 2. The van der Waals surface area contributed by atoms with Gasteiger partial charge in [0.25, 0.3) is 0 Å². The van der Waals surface area contributed by atoms with Crippen LogP contribution >= 0.6 is 0 Å². The molecule has 0 unspecified atom stereocenters. The Morgan fingerprint density at radius 1 is 1.17 bits per heavy atom. The average Bonchev–Trinajstić information content (AvgIpc) is 2.69. The van der Waals surface area contributed by atoms with Crippen molar-refractivity contribution in [1.29, 1.82) is 0 Å². The molecule has 0 bridgehead atoms. The van der Waals surface area contributed by atoms with E-state index >= 15 is 0 Å². The molecule has 0 spiro atoms. The van der Waals surface area contributed by atoms with Gasteiger partial charge in [0.15, 0.2) is 16.9 Å². The summed E-state index contributed by atoms with van der Waals surface area (Å²) in [6, 6.07) is 5.22. The van der Waals surface area contributed by atoms with E-state index in [9.17, 15) is 14.7 Å². The second-order valence-electron chi connectivity index (χ2n) is 7.13. The van der Waals surface area contributed by atoms with Crippen LogP contribution in [-0.2, 0) is 11.3 Å². The highest BCUT2D eigenvalue weighted by Gasteiger charge is 2.27. The van der Waals surface area contributed by atoms with Crippen LogP contribution in [0, 0.1) is 0 Å². The molecule has 8 heteroatoms. The molecule has 2 aromatic rings. The van der Waals surface area contributed by atoms with Gasteiger partial charge in [0.1, 0.15) is 5.56 Å². The molecule has 1 aliphatic rings. The Morgan fingerprint density at radius 2 is 1.93 bits per heavy atom. The van der Waals surface area contributed by atoms with E-state index in [1.807, 2.05) is 31.0 Å². The van der Waals surface area contributed by atoms with Crippen molar-refractivity contribution in [2.24, 2.45) is 0 Å². The first kappa shape index (κ1) is 20.7. The minimum Gasteiger partial charge on any atom is -0.493 e. The van der Waals surface area contributed by atoms with Gasteiger partial charge < -0.3 is 24.3 Å². The molecule has 0 amide bonds. The topological polar surface area (TPSA) is 90.2 Å². The maximum Gasteiger partial charge on any atom is 0.341 e. The van der Waals surface area contributed by atoms with Gasteiger partial charge in [-0.15, -0.1) is 0 Å². The number of fused-ring (bicyclic) bond motifs is 3. The summed E-state index contributed by atoms with van der Waals surface area (Å²) in [5.41, 5.74) is 1.63. The van der Waals surface area contributed by atoms with Gasteiger partial charge in [0, 0.05) is 44.0 Å². The number of carbonyl (C=O) groups is 1. The van der Waals surface area contributed by atoms with Crippen LogP contribution in [0.2, 0.25) is 0 Å². The summed E-state index contributed by atoms with van der Waals surface area (Å²) in [5, 5.41) is 11.4. The molecule has 0 saturated heterocycles. The maximum absolute atomic E-state index is 12.4. The van der Waals surface area contributed by atoms with Crippen LogP contribution in [0.1, 0.15) is 36.2 Å². The molecular weight excluding hydrogens is 376 g/mol. The zero-order chi connectivity index (χ0) is 21.1. The lowest BCUT2D eigenvalue weighted by Gasteiger charge is -2.38. The number of hydrogen-bond donors (Lipinski definition) is 1. The molecule has 0 fully saturated rings. The molecule has 8 nitrogen and oxygen atoms in total. The fraction of sp³-hybridized carbons (Fsp3) is 0.429. The van der Waals surface area contributed by atoms with E-state index in [1.54, 1.807) is 18.9 Å². The summed E-state index contributed by atoms with van der Waals surface area (Å²) >= 11 is 0. The van der Waals surface area contributed by atoms with Crippen LogP contribution in [0.4, 0.5) is 0 Å². The quantitative estimate of drug-likeness (QED) is 0.679. The molecule has 2 heterocycles. The Bertz CT molecular complexity index is 966. The van der Waals surface area contributed by atoms with Crippen LogP contribution in [-0.4, -0.2) is 49.2 Å². The van der Waals surface area contributed by atoms with Crippen molar-refractivity contribution in [3.05, 3.63) is 45.7 Å². The van der Waals surface area contributed by atoms with E-state index in [2.05, 4.69) is 0 Å². The zero-order valence-electron chi connectivity index (χ0n) is 17.1. The molecule has 0 aliphatic carbocycles. The number of carboxylic acid groups (broad SMARTS) is 1. The van der Waals surface area contributed by atoms with Crippen molar-refractivity contribution >= 4 is 5.97 Å². The second kappa shape index (κ2) is 8.57.